The number of anilines is 2. The topological polar surface area (TPSA) is 69.3 Å². The highest BCUT2D eigenvalue weighted by Crippen LogP contribution is 2.13. The molecule has 0 aromatic carbocycles. The number of halogens is 1. The van der Waals surface area contributed by atoms with Crippen molar-refractivity contribution in [3.8, 4) is 0 Å². The third kappa shape index (κ3) is 2.59. The number of rotatable bonds is 5. The minimum atomic E-state index is -0.360. The van der Waals surface area contributed by atoms with E-state index in [0.29, 0.717) is 24.7 Å². The number of hydrogen-bond acceptors (Lipinski definition) is 5. The molecule has 8 heteroatoms. The average Bonchev–Trinajstić information content (AvgIpc) is 3.02. The number of methoxy groups -OCH3 is 1. The second-order valence-electron chi connectivity index (χ2n) is 4.20. The molecule has 0 atom stereocenters. The summed E-state index contributed by atoms with van der Waals surface area (Å²) in [6, 6.07) is 2.91. The van der Waals surface area contributed by atoms with Crippen molar-refractivity contribution >= 4 is 17.3 Å². The predicted molar refractivity (Wildman–Crippen MR) is 70.3 cm³/mol. The summed E-state index contributed by atoms with van der Waals surface area (Å²) >= 11 is 0. The Morgan fingerprint density at radius 1 is 1.35 bits per heavy atom. The summed E-state index contributed by atoms with van der Waals surface area (Å²) in [6.07, 6.45) is 4.77. The molecule has 7 nitrogen and oxygen atoms in total. The molecule has 20 heavy (non-hydrogen) atoms. The van der Waals surface area contributed by atoms with Crippen LogP contribution >= 0.6 is 0 Å². The van der Waals surface area contributed by atoms with Crippen LogP contribution in [0.5, 0.6) is 0 Å². The van der Waals surface area contributed by atoms with Crippen LogP contribution in [-0.4, -0.2) is 38.1 Å². The zero-order valence-corrected chi connectivity index (χ0v) is 10.8. The van der Waals surface area contributed by atoms with Crippen LogP contribution in [0.3, 0.4) is 0 Å². The average molecular weight is 276 g/mol. The fraction of sp³-hybridized carbons (Fsp3) is 0.250. The Kier molecular flexibility index (Phi) is 3.30. The summed E-state index contributed by atoms with van der Waals surface area (Å²) < 4.78 is 21.2. The Morgan fingerprint density at radius 3 is 3.10 bits per heavy atom. The monoisotopic (exact) mass is 276 g/mol. The second kappa shape index (κ2) is 5.25. The molecular formula is C12H13FN6O. The normalized spacial score (nSPS) is 11.1. The van der Waals surface area contributed by atoms with E-state index in [2.05, 4.69) is 20.5 Å². The lowest BCUT2D eigenvalue weighted by molar-refractivity contribution is 0.183. The maximum Gasteiger partial charge on any atom is 0.247 e. The SMILES string of the molecule is COCCn1cc(Nc2nc3ccc(F)cn3n2)cn1. The molecule has 0 aliphatic rings. The molecule has 0 saturated heterocycles. The van der Waals surface area contributed by atoms with E-state index in [9.17, 15) is 4.39 Å². The van der Waals surface area contributed by atoms with Gasteiger partial charge in [-0.15, -0.1) is 5.10 Å². The van der Waals surface area contributed by atoms with Gasteiger partial charge in [0.15, 0.2) is 5.65 Å². The highest BCUT2D eigenvalue weighted by Gasteiger charge is 2.06. The molecule has 0 fully saturated rings. The van der Waals surface area contributed by atoms with Crippen molar-refractivity contribution in [1.29, 1.82) is 0 Å². The zero-order valence-electron chi connectivity index (χ0n) is 10.8. The summed E-state index contributed by atoms with van der Waals surface area (Å²) in [7, 11) is 1.64. The Hall–Kier alpha value is -2.48. The van der Waals surface area contributed by atoms with Crippen LogP contribution in [0.4, 0.5) is 16.0 Å². The van der Waals surface area contributed by atoms with E-state index < -0.39 is 0 Å². The molecule has 0 aliphatic heterocycles. The van der Waals surface area contributed by atoms with Gasteiger partial charge in [0.05, 0.1) is 31.2 Å². The summed E-state index contributed by atoms with van der Waals surface area (Å²) in [5.41, 5.74) is 1.33. The van der Waals surface area contributed by atoms with Crippen molar-refractivity contribution in [2.75, 3.05) is 19.0 Å². The van der Waals surface area contributed by atoms with Crippen LogP contribution in [0.15, 0.2) is 30.7 Å². The summed E-state index contributed by atoms with van der Waals surface area (Å²) in [5.74, 6) is 0.0308. The molecule has 0 bridgehead atoms. The van der Waals surface area contributed by atoms with Crippen molar-refractivity contribution in [2.45, 2.75) is 6.54 Å². The highest BCUT2D eigenvalue weighted by molar-refractivity contribution is 5.53. The minimum Gasteiger partial charge on any atom is -0.383 e. The van der Waals surface area contributed by atoms with Gasteiger partial charge in [-0.3, -0.25) is 4.68 Å². The highest BCUT2D eigenvalue weighted by atomic mass is 19.1. The number of fused-ring (bicyclic) bond motifs is 1. The first-order chi connectivity index (χ1) is 9.74. The summed E-state index contributed by atoms with van der Waals surface area (Å²) in [5, 5.41) is 11.3. The van der Waals surface area contributed by atoms with E-state index in [1.54, 1.807) is 24.1 Å². The summed E-state index contributed by atoms with van der Waals surface area (Å²) in [6.45, 7) is 1.26. The zero-order chi connectivity index (χ0) is 13.9. The molecule has 3 aromatic heterocycles. The number of nitrogens with one attached hydrogen (secondary N) is 1. The Balaban J connectivity index is 1.76. The third-order valence-electron chi connectivity index (χ3n) is 2.71. The first-order valence-corrected chi connectivity index (χ1v) is 6.05. The van der Waals surface area contributed by atoms with Gasteiger partial charge in [-0.1, -0.05) is 0 Å². The minimum absolute atomic E-state index is 0.360. The van der Waals surface area contributed by atoms with E-state index in [1.807, 2.05) is 6.20 Å². The van der Waals surface area contributed by atoms with Crippen LogP contribution in [0.1, 0.15) is 0 Å². The van der Waals surface area contributed by atoms with E-state index in [-0.39, 0.29) is 5.82 Å². The molecule has 3 aromatic rings. The van der Waals surface area contributed by atoms with Crippen LogP contribution in [-0.2, 0) is 11.3 Å². The third-order valence-corrected chi connectivity index (χ3v) is 2.71. The maximum atomic E-state index is 13.1. The Morgan fingerprint density at radius 2 is 2.25 bits per heavy atom. The van der Waals surface area contributed by atoms with E-state index in [1.165, 1.54) is 16.8 Å². The lowest BCUT2D eigenvalue weighted by atomic mass is 10.5. The van der Waals surface area contributed by atoms with Crippen molar-refractivity contribution in [3.05, 3.63) is 36.5 Å². The molecular weight excluding hydrogens is 263 g/mol. The number of ether oxygens (including phenoxy) is 1. The lowest BCUT2D eigenvalue weighted by Gasteiger charge is -1.98. The van der Waals surface area contributed by atoms with Crippen LogP contribution in [0, 0.1) is 5.82 Å². The van der Waals surface area contributed by atoms with E-state index >= 15 is 0 Å². The van der Waals surface area contributed by atoms with Gasteiger partial charge in [0.1, 0.15) is 5.82 Å². The van der Waals surface area contributed by atoms with Crippen LogP contribution in [0.25, 0.3) is 5.65 Å². The van der Waals surface area contributed by atoms with Gasteiger partial charge < -0.3 is 10.1 Å². The largest absolute Gasteiger partial charge is 0.383 e. The Labute approximate surface area is 114 Å². The number of aromatic nitrogens is 5. The number of nitrogens with zero attached hydrogens (tertiary/aromatic N) is 5. The molecule has 1 N–H and O–H groups in total. The number of hydrogen-bond donors (Lipinski definition) is 1. The van der Waals surface area contributed by atoms with Crippen LogP contribution < -0.4 is 5.32 Å². The van der Waals surface area contributed by atoms with E-state index in [0.717, 1.165) is 5.69 Å². The van der Waals surface area contributed by atoms with Gasteiger partial charge in [0.2, 0.25) is 5.95 Å². The fourth-order valence-corrected chi connectivity index (χ4v) is 1.78. The molecule has 104 valence electrons. The lowest BCUT2D eigenvalue weighted by Crippen LogP contribution is -2.03. The van der Waals surface area contributed by atoms with Gasteiger partial charge in [0, 0.05) is 13.3 Å². The van der Waals surface area contributed by atoms with Gasteiger partial charge in [-0.05, 0) is 12.1 Å². The first kappa shape index (κ1) is 12.5. The smallest absolute Gasteiger partial charge is 0.247 e. The standard InChI is InChI=1S/C12H13FN6O/c1-20-5-4-18-8-10(6-14-18)15-12-16-11-3-2-9(13)7-19(11)17-12/h2-3,6-8H,4-5H2,1H3,(H,15,17). The molecule has 0 amide bonds. The first-order valence-electron chi connectivity index (χ1n) is 6.05. The van der Waals surface area contributed by atoms with Crippen molar-refractivity contribution in [2.24, 2.45) is 0 Å². The van der Waals surface area contributed by atoms with Crippen molar-refractivity contribution < 1.29 is 9.13 Å². The molecule has 0 unspecified atom stereocenters. The predicted octanol–water partition coefficient (Wildman–Crippen LogP) is 1.45. The van der Waals surface area contributed by atoms with Crippen molar-refractivity contribution in [3.63, 3.8) is 0 Å². The van der Waals surface area contributed by atoms with Gasteiger partial charge in [0.25, 0.3) is 0 Å². The Bertz CT molecular complexity index is 722. The van der Waals surface area contributed by atoms with Gasteiger partial charge in [-0.25, -0.2) is 8.91 Å². The quantitative estimate of drug-likeness (QED) is 0.764. The number of pyridine rings is 1. The molecule has 0 spiro atoms. The maximum absolute atomic E-state index is 13.1. The van der Waals surface area contributed by atoms with Crippen LogP contribution in [0.2, 0.25) is 0 Å². The fourth-order valence-electron chi connectivity index (χ4n) is 1.78. The summed E-state index contributed by atoms with van der Waals surface area (Å²) in [4.78, 5) is 4.23. The molecule has 0 saturated carbocycles. The van der Waals surface area contributed by atoms with E-state index in [4.69, 9.17) is 4.74 Å². The molecule has 0 aliphatic carbocycles. The van der Waals surface area contributed by atoms with Crippen molar-refractivity contribution in [1.82, 2.24) is 24.4 Å². The molecule has 0 radical (unpaired) electrons. The van der Waals surface area contributed by atoms with Gasteiger partial charge >= 0.3 is 0 Å². The molecule has 3 heterocycles. The van der Waals surface area contributed by atoms with Gasteiger partial charge in [-0.2, -0.15) is 10.1 Å². The second-order valence-corrected chi connectivity index (χ2v) is 4.20. The molecule has 3 rings (SSSR count).